The predicted octanol–water partition coefficient (Wildman–Crippen LogP) is 2.30. The second-order valence-corrected chi connectivity index (χ2v) is 4.47. The number of carbonyl (C=O) groups excluding carboxylic acids is 1. The van der Waals surface area contributed by atoms with Crippen molar-refractivity contribution < 1.29 is 4.79 Å². The summed E-state index contributed by atoms with van der Waals surface area (Å²) in [6.07, 6.45) is 0. The summed E-state index contributed by atoms with van der Waals surface area (Å²) >= 11 is 0. The van der Waals surface area contributed by atoms with Crippen molar-refractivity contribution in [2.75, 3.05) is 7.05 Å². The van der Waals surface area contributed by atoms with Crippen LogP contribution in [0.4, 0.5) is 0 Å². The summed E-state index contributed by atoms with van der Waals surface area (Å²) in [4.78, 5) is 11.5. The molecule has 0 aromatic carbocycles. The van der Waals surface area contributed by atoms with Crippen molar-refractivity contribution in [3.8, 4) is 0 Å². The number of nitrogens with one attached hydrogen (secondary N) is 1. The molecule has 0 aliphatic heterocycles. The van der Waals surface area contributed by atoms with Gasteiger partial charge < -0.3 is 5.32 Å². The third kappa shape index (κ3) is 3.37. The Bertz CT molecular complexity index is 155. The zero-order valence-electron chi connectivity index (χ0n) is 9.72. The van der Waals surface area contributed by atoms with Crippen molar-refractivity contribution in [1.82, 2.24) is 5.32 Å². The number of hydrogen-bond donors (Lipinski definition) is 1. The van der Waals surface area contributed by atoms with Gasteiger partial charge in [-0.2, -0.15) is 0 Å². The topological polar surface area (TPSA) is 29.1 Å². The summed E-state index contributed by atoms with van der Waals surface area (Å²) in [6, 6.07) is 0. The quantitative estimate of drug-likeness (QED) is 0.715. The van der Waals surface area contributed by atoms with Crippen LogP contribution in [0.1, 0.15) is 34.6 Å². The van der Waals surface area contributed by atoms with Crippen LogP contribution in [0.25, 0.3) is 0 Å². The molecular formula is C11H23NO. The SMILES string of the molecule is CNC(=O)C(C)C(C(C)C)C(C)C. The minimum Gasteiger partial charge on any atom is -0.359 e. The van der Waals surface area contributed by atoms with Gasteiger partial charge >= 0.3 is 0 Å². The zero-order chi connectivity index (χ0) is 10.6. The van der Waals surface area contributed by atoms with Gasteiger partial charge in [0.05, 0.1) is 0 Å². The maximum absolute atomic E-state index is 11.5. The first kappa shape index (κ1) is 12.5. The van der Waals surface area contributed by atoms with Crippen molar-refractivity contribution in [3.63, 3.8) is 0 Å². The Morgan fingerprint density at radius 1 is 1.00 bits per heavy atom. The van der Waals surface area contributed by atoms with Crippen LogP contribution in [0.2, 0.25) is 0 Å². The van der Waals surface area contributed by atoms with Crippen LogP contribution in [0.5, 0.6) is 0 Å². The van der Waals surface area contributed by atoms with Gasteiger partial charge in [-0.3, -0.25) is 4.79 Å². The lowest BCUT2D eigenvalue weighted by Crippen LogP contribution is -2.35. The minimum atomic E-state index is 0.116. The summed E-state index contributed by atoms with van der Waals surface area (Å²) in [7, 11) is 1.70. The minimum absolute atomic E-state index is 0.116. The van der Waals surface area contributed by atoms with Gasteiger partial charge in [0, 0.05) is 13.0 Å². The molecule has 0 heterocycles. The van der Waals surface area contributed by atoms with E-state index in [4.69, 9.17) is 0 Å². The molecule has 0 rings (SSSR count). The van der Waals surface area contributed by atoms with Gasteiger partial charge in [-0.05, 0) is 17.8 Å². The van der Waals surface area contributed by atoms with E-state index in [0.29, 0.717) is 17.8 Å². The fourth-order valence-electron chi connectivity index (χ4n) is 2.33. The third-order valence-corrected chi connectivity index (χ3v) is 2.78. The highest BCUT2D eigenvalue weighted by atomic mass is 16.1. The van der Waals surface area contributed by atoms with Crippen LogP contribution >= 0.6 is 0 Å². The van der Waals surface area contributed by atoms with Gasteiger partial charge in [-0.25, -0.2) is 0 Å². The number of rotatable bonds is 4. The first-order valence-electron chi connectivity index (χ1n) is 5.13. The Morgan fingerprint density at radius 2 is 1.38 bits per heavy atom. The molecule has 2 nitrogen and oxygen atoms in total. The molecule has 0 spiro atoms. The monoisotopic (exact) mass is 185 g/mol. The smallest absolute Gasteiger partial charge is 0.222 e. The summed E-state index contributed by atoms with van der Waals surface area (Å²) in [5, 5.41) is 2.72. The number of amides is 1. The summed E-state index contributed by atoms with van der Waals surface area (Å²) in [5.74, 6) is 1.87. The van der Waals surface area contributed by atoms with E-state index in [-0.39, 0.29) is 11.8 Å². The highest BCUT2D eigenvalue weighted by molar-refractivity contribution is 5.78. The van der Waals surface area contributed by atoms with Gasteiger partial charge in [0.25, 0.3) is 0 Å². The maximum atomic E-state index is 11.5. The average Bonchev–Trinajstić information content (AvgIpc) is 2.01. The lowest BCUT2D eigenvalue weighted by molar-refractivity contribution is -0.126. The van der Waals surface area contributed by atoms with Crippen LogP contribution in [-0.4, -0.2) is 13.0 Å². The molecule has 13 heavy (non-hydrogen) atoms. The Labute approximate surface area is 82.1 Å². The van der Waals surface area contributed by atoms with Gasteiger partial charge in [0.1, 0.15) is 0 Å². The average molecular weight is 185 g/mol. The predicted molar refractivity (Wildman–Crippen MR) is 56.4 cm³/mol. The maximum Gasteiger partial charge on any atom is 0.222 e. The second kappa shape index (κ2) is 5.25. The first-order valence-corrected chi connectivity index (χ1v) is 5.13. The summed E-state index contributed by atoms with van der Waals surface area (Å²) in [6.45, 7) is 10.8. The molecule has 1 atom stereocenters. The normalized spacial score (nSPS) is 13.9. The van der Waals surface area contributed by atoms with E-state index in [0.717, 1.165) is 0 Å². The van der Waals surface area contributed by atoms with E-state index in [1.807, 2.05) is 6.92 Å². The van der Waals surface area contributed by atoms with Gasteiger partial charge in [0.2, 0.25) is 5.91 Å². The molecule has 2 heteroatoms. The van der Waals surface area contributed by atoms with Crippen LogP contribution in [0, 0.1) is 23.7 Å². The van der Waals surface area contributed by atoms with Crippen molar-refractivity contribution in [1.29, 1.82) is 0 Å². The highest BCUT2D eigenvalue weighted by Gasteiger charge is 2.28. The molecule has 0 bridgehead atoms. The van der Waals surface area contributed by atoms with E-state index in [9.17, 15) is 4.79 Å². The molecule has 78 valence electrons. The van der Waals surface area contributed by atoms with E-state index in [1.54, 1.807) is 7.05 Å². The molecule has 0 aliphatic carbocycles. The second-order valence-electron chi connectivity index (χ2n) is 4.47. The Morgan fingerprint density at radius 3 is 1.62 bits per heavy atom. The van der Waals surface area contributed by atoms with E-state index in [1.165, 1.54) is 0 Å². The largest absolute Gasteiger partial charge is 0.359 e. The van der Waals surface area contributed by atoms with Crippen molar-refractivity contribution in [3.05, 3.63) is 0 Å². The molecule has 0 aromatic heterocycles. The van der Waals surface area contributed by atoms with Crippen LogP contribution in [-0.2, 0) is 4.79 Å². The van der Waals surface area contributed by atoms with Crippen molar-refractivity contribution in [2.24, 2.45) is 23.7 Å². The molecule has 1 amide bonds. The van der Waals surface area contributed by atoms with Gasteiger partial charge in [0.15, 0.2) is 0 Å². The third-order valence-electron chi connectivity index (χ3n) is 2.78. The first-order chi connectivity index (χ1) is 5.91. The summed E-state index contributed by atoms with van der Waals surface area (Å²) in [5.41, 5.74) is 0. The lowest BCUT2D eigenvalue weighted by atomic mass is 9.76. The van der Waals surface area contributed by atoms with Crippen molar-refractivity contribution in [2.45, 2.75) is 34.6 Å². The molecule has 0 radical (unpaired) electrons. The number of hydrogen-bond acceptors (Lipinski definition) is 1. The van der Waals surface area contributed by atoms with E-state index in [2.05, 4.69) is 33.0 Å². The van der Waals surface area contributed by atoms with Crippen LogP contribution < -0.4 is 5.32 Å². The Kier molecular flexibility index (Phi) is 5.04. The van der Waals surface area contributed by atoms with Gasteiger partial charge in [-0.1, -0.05) is 34.6 Å². The highest BCUT2D eigenvalue weighted by Crippen LogP contribution is 2.28. The summed E-state index contributed by atoms with van der Waals surface area (Å²) < 4.78 is 0. The molecule has 1 unspecified atom stereocenters. The Balaban J connectivity index is 4.46. The van der Waals surface area contributed by atoms with Crippen molar-refractivity contribution >= 4 is 5.91 Å². The zero-order valence-corrected chi connectivity index (χ0v) is 9.72. The molecule has 0 saturated carbocycles. The molecular weight excluding hydrogens is 162 g/mol. The molecule has 0 saturated heterocycles. The van der Waals surface area contributed by atoms with Crippen LogP contribution in [0.15, 0.2) is 0 Å². The molecule has 0 aliphatic rings. The van der Waals surface area contributed by atoms with Gasteiger partial charge in [-0.15, -0.1) is 0 Å². The fourth-order valence-corrected chi connectivity index (χ4v) is 2.33. The van der Waals surface area contributed by atoms with E-state index < -0.39 is 0 Å². The van der Waals surface area contributed by atoms with E-state index >= 15 is 0 Å². The number of carbonyl (C=O) groups is 1. The lowest BCUT2D eigenvalue weighted by Gasteiger charge is -2.29. The van der Waals surface area contributed by atoms with Crippen LogP contribution in [0.3, 0.4) is 0 Å². The molecule has 0 fully saturated rings. The molecule has 1 N–H and O–H groups in total. The standard InChI is InChI=1S/C11H23NO/c1-7(2)10(8(3)4)9(5)11(13)12-6/h7-10H,1-6H3,(H,12,13). The fraction of sp³-hybridized carbons (Fsp3) is 0.909. The molecule has 0 aromatic rings. The Hall–Kier alpha value is -0.530.